The van der Waals surface area contributed by atoms with Gasteiger partial charge >= 0.3 is 13.3 Å². The summed E-state index contributed by atoms with van der Waals surface area (Å²) in [7, 11) is -5.76. The maximum absolute atomic E-state index is 14.3. The second-order valence-electron chi connectivity index (χ2n) is 13.2. The average molecular weight is 696 g/mol. The van der Waals surface area contributed by atoms with E-state index in [-0.39, 0.29) is 45.9 Å². The third kappa shape index (κ3) is 5.17. The lowest BCUT2D eigenvalue weighted by Crippen LogP contribution is -2.60. The smallest absolute Gasteiger partial charge is 0.342 e. The van der Waals surface area contributed by atoms with E-state index in [0.717, 1.165) is 46.7 Å². The van der Waals surface area contributed by atoms with Crippen molar-refractivity contribution in [2.75, 3.05) is 13.1 Å². The number of H-pyrrole nitrogens is 1. The van der Waals surface area contributed by atoms with Crippen LogP contribution in [0.4, 0.5) is 8.78 Å². The van der Waals surface area contributed by atoms with Gasteiger partial charge in [0.15, 0.2) is 0 Å². The number of fused-ring (bicyclic) bond motifs is 4. The van der Waals surface area contributed by atoms with Gasteiger partial charge in [-0.1, -0.05) is 30.4 Å². The van der Waals surface area contributed by atoms with Gasteiger partial charge in [0.1, 0.15) is 17.9 Å². The summed E-state index contributed by atoms with van der Waals surface area (Å²) in [6, 6.07) is 10.7. The minimum atomic E-state index is -5.76. The summed E-state index contributed by atoms with van der Waals surface area (Å²) < 4.78 is 40.5. The quantitative estimate of drug-likeness (QED) is 0.169. The summed E-state index contributed by atoms with van der Waals surface area (Å²) in [5.41, 5.74) is -3.41. The van der Waals surface area contributed by atoms with Gasteiger partial charge in [-0.2, -0.15) is 8.78 Å². The second-order valence-corrected chi connectivity index (χ2v) is 16.0. The minimum Gasteiger partial charge on any atom is -0.342 e. The van der Waals surface area contributed by atoms with E-state index in [2.05, 4.69) is 21.4 Å². The highest BCUT2D eigenvalue weighted by atomic mass is 32.1. The fourth-order valence-electron chi connectivity index (χ4n) is 7.56. The molecular formula is C33H32F2N5O6PS. The van der Waals surface area contributed by atoms with Gasteiger partial charge in [-0.15, -0.1) is 11.3 Å². The van der Waals surface area contributed by atoms with E-state index in [9.17, 15) is 27.7 Å². The molecule has 4 aliphatic rings. The molecule has 0 spiro atoms. The molecule has 3 fully saturated rings. The van der Waals surface area contributed by atoms with Crippen molar-refractivity contribution >= 4 is 57.8 Å². The summed E-state index contributed by atoms with van der Waals surface area (Å²) in [6.07, 6.45) is 6.54. The number of nitrogens with one attached hydrogen (secondary N) is 2. The Hall–Kier alpha value is -3.97. The predicted molar refractivity (Wildman–Crippen MR) is 173 cm³/mol. The number of hydrogen-bond donors (Lipinski definition) is 4. The molecule has 0 bridgehead atoms. The molecule has 8 rings (SSSR count). The van der Waals surface area contributed by atoms with Crippen LogP contribution in [0.2, 0.25) is 0 Å². The SMILES string of the molecule is O=C(N[C@H]1C[C@H]2C=C[C@H]2C[C@H]2CC[C@@H](C(=O)N3CC(c4nc5ccccc5[nH]4)C3)N2C1=O)c1cc2cc(C(F)(F)P(=O)(O)O)ccc2s1. The van der Waals surface area contributed by atoms with Crippen molar-refractivity contribution in [2.24, 2.45) is 11.8 Å². The maximum Gasteiger partial charge on any atom is 0.399 e. The molecule has 3 saturated heterocycles. The van der Waals surface area contributed by atoms with Crippen LogP contribution < -0.4 is 5.32 Å². The van der Waals surface area contributed by atoms with E-state index >= 15 is 0 Å². The number of rotatable bonds is 6. The number of aromatic amines is 1. The zero-order valence-corrected chi connectivity index (χ0v) is 27.2. The number of halogens is 2. The van der Waals surface area contributed by atoms with Gasteiger partial charge in [-0.3, -0.25) is 18.9 Å². The van der Waals surface area contributed by atoms with Crippen LogP contribution in [-0.2, 0) is 19.8 Å². The van der Waals surface area contributed by atoms with Crippen molar-refractivity contribution in [3.8, 4) is 0 Å². The maximum atomic E-state index is 14.3. The Morgan fingerprint density at radius 2 is 1.79 bits per heavy atom. The standard InChI is InChI=1S/C33H32F2N5O6PS/c34-33(35,47(44,45)46)21-7-10-27-19(11-21)14-28(48-27)30(41)38-25-13-18-6-5-17(18)12-22-8-9-26(40(22)31(25)42)32(43)39-15-20(16-39)29-36-23-3-1-2-4-24(23)37-29/h1-7,10-11,14,17-18,20,22,25-26H,8-9,12-13,15-16H2,(H,36,37)(H,38,41)(H2,44,45,46)/t17-,18+,22+,25-,26-/m0/s1. The highest BCUT2D eigenvalue weighted by Gasteiger charge is 2.51. The summed E-state index contributed by atoms with van der Waals surface area (Å²) in [5.74, 6) is 0.294. The molecule has 3 aliphatic heterocycles. The topological polar surface area (TPSA) is 156 Å². The third-order valence-electron chi connectivity index (χ3n) is 10.3. The van der Waals surface area contributed by atoms with Crippen molar-refractivity contribution in [3.63, 3.8) is 0 Å². The zero-order chi connectivity index (χ0) is 33.5. The first-order chi connectivity index (χ1) is 22.9. The summed E-state index contributed by atoms with van der Waals surface area (Å²) >= 11 is 1.03. The number of para-hydroxylation sites is 2. The Bertz CT molecular complexity index is 2020. The van der Waals surface area contributed by atoms with E-state index in [1.165, 1.54) is 12.1 Å². The molecule has 48 heavy (non-hydrogen) atoms. The first kappa shape index (κ1) is 31.3. The molecule has 0 radical (unpaired) electrons. The zero-order valence-electron chi connectivity index (χ0n) is 25.5. The number of benzene rings is 2. The second kappa shape index (κ2) is 11.3. The van der Waals surface area contributed by atoms with Crippen molar-refractivity contribution in [3.05, 3.63) is 76.9 Å². The van der Waals surface area contributed by atoms with Gasteiger partial charge in [-0.25, -0.2) is 4.98 Å². The van der Waals surface area contributed by atoms with Gasteiger partial charge in [0.2, 0.25) is 11.8 Å². The summed E-state index contributed by atoms with van der Waals surface area (Å²) in [5, 5.41) is 3.10. The van der Waals surface area contributed by atoms with Crippen molar-refractivity contribution in [2.45, 2.75) is 55.4 Å². The van der Waals surface area contributed by atoms with Gasteiger partial charge in [-0.05, 0) is 73.2 Å². The van der Waals surface area contributed by atoms with Gasteiger partial charge in [0, 0.05) is 29.4 Å². The van der Waals surface area contributed by atoms with E-state index in [1.54, 1.807) is 9.80 Å². The van der Waals surface area contributed by atoms with Crippen molar-refractivity contribution in [1.29, 1.82) is 0 Å². The van der Waals surface area contributed by atoms with Crippen LogP contribution in [0.5, 0.6) is 0 Å². The van der Waals surface area contributed by atoms with Crippen LogP contribution >= 0.6 is 18.9 Å². The van der Waals surface area contributed by atoms with E-state index in [1.807, 2.05) is 30.3 Å². The number of aromatic nitrogens is 2. The highest BCUT2D eigenvalue weighted by Crippen LogP contribution is 2.59. The molecular weight excluding hydrogens is 663 g/mol. The molecule has 3 amide bonds. The third-order valence-corrected chi connectivity index (χ3v) is 12.4. The Labute approximate surface area is 277 Å². The molecule has 250 valence electrons. The number of alkyl halides is 2. The summed E-state index contributed by atoms with van der Waals surface area (Å²) in [6.45, 7) is 1.01. The van der Waals surface area contributed by atoms with E-state index < -0.39 is 36.8 Å². The number of carbonyl (C=O) groups excluding carboxylic acids is 3. The Balaban J connectivity index is 0.995. The molecule has 0 unspecified atom stereocenters. The van der Waals surface area contributed by atoms with Gasteiger partial charge < -0.3 is 29.9 Å². The minimum absolute atomic E-state index is 0.0786. The van der Waals surface area contributed by atoms with E-state index in [0.29, 0.717) is 37.1 Å². The van der Waals surface area contributed by atoms with Gasteiger partial charge in [0.05, 0.1) is 21.8 Å². The fourth-order valence-corrected chi connectivity index (χ4v) is 8.98. The number of amides is 3. The average Bonchev–Trinajstić information content (AvgIpc) is 3.75. The Morgan fingerprint density at radius 3 is 2.52 bits per heavy atom. The number of allylic oxidation sites excluding steroid dienone is 2. The molecule has 5 atom stereocenters. The lowest BCUT2D eigenvalue weighted by Gasteiger charge is -2.44. The van der Waals surface area contributed by atoms with Crippen LogP contribution in [0, 0.1) is 11.8 Å². The number of imidazole rings is 1. The molecule has 5 heterocycles. The predicted octanol–water partition coefficient (Wildman–Crippen LogP) is 4.68. The molecule has 15 heteroatoms. The molecule has 11 nitrogen and oxygen atoms in total. The summed E-state index contributed by atoms with van der Waals surface area (Å²) in [4.78, 5) is 71.5. The Morgan fingerprint density at radius 1 is 1.04 bits per heavy atom. The van der Waals surface area contributed by atoms with Crippen molar-refractivity contribution in [1.82, 2.24) is 25.1 Å². The molecule has 2 aromatic heterocycles. The molecule has 4 N–H and O–H groups in total. The molecule has 0 saturated carbocycles. The largest absolute Gasteiger partial charge is 0.399 e. The van der Waals surface area contributed by atoms with Gasteiger partial charge in [0.25, 0.3) is 5.91 Å². The number of likely N-dealkylation sites (tertiary alicyclic amines) is 1. The number of carbonyl (C=O) groups is 3. The highest BCUT2D eigenvalue weighted by molar-refractivity contribution is 7.52. The van der Waals surface area contributed by atoms with Crippen LogP contribution in [0.1, 0.15) is 52.7 Å². The fraction of sp³-hybridized carbons (Fsp3) is 0.394. The lowest BCUT2D eigenvalue weighted by molar-refractivity contribution is -0.150. The normalized spacial score (nSPS) is 26.1. The first-order valence-electron chi connectivity index (χ1n) is 15.9. The molecule has 1 aliphatic carbocycles. The van der Waals surface area contributed by atoms with Crippen LogP contribution in [0.25, 0.3) is 21.1 Å². The Kier molecular flexibility index (Phi) is 7.37. The molecule has 4 aromatic rings. The first-order valence-corrected chi connectivity index (χ1v) is 18.3. The lowest BCUT2D eigenvalue weighted by atomic mass is 9.73. The van der Waals surface area contributed by atoms with E-state index in [4.69, 9.17) is 9.79 Å². The number of thiophene rings is 1. The number of nitrogens with zero attached hydrogens (tertiary/aromatic N) is 3. The molecule has 2 aromatic carbocycles. The number of hydrogen-bond acceptors (Lipinski definition) is 6. The van der Waals surface area contributed by atoms with Crippen molar-refractivity contribution < 1.29 is 37.5 Å². The van der Waals surface area contributed by atoms with Crippen LogP contribution in [-0.4, -0.2) is 78.5 Å². The van der Waals surface area contributed by atoms with Crippen LogP contribution in [0.3, 0.4) is 0 Å². The monoisotopic (exact) mass is 695 g/mol. The van der Waals surface area contributed by atoms with Crippen LogP contribution in [0.15, 0.2) is 60.7 Å².